The van der Waals surface area contributed by atoms with Crippen LogP contribution < -0.4 is 11.1 Å². The quantitative estimate of drug-likeness (QED) is 0.327. The summed E-state index contributed by atoms with van der Waals surface area (Å²) >= 11 is 1.94. The first-order valence-electron chi connectivity index (χ1n) is 7.54. The molecule has 21 heavy (non-hydrogen) atoms. The second-order valence-electron chi connectivity index (χ2n) is 5.56. The van der Waals surface area contributed by atoms with Crippen molar-refractivity contribution < 1.29 is 5.21 Å². The molecule has 3 atom stereocenters. The van der Waals surface area contributed by atoms with Crippen LogP contribution in [0.15, 0.2) is 35.5 Å². The van der Waals surface area contributed by atoms with Crippen molar-refractivity contribution in [2.24, 2.45) is 10.9 Å². The number of hydrogen-bond donors (Lipinski definition) is 3. The van der Waals surface area contributed by atoms with E-state index in [2.05, 4.69) is 16.7 Å². The number of amidine groups is 1. The van der Waals surface area contributed by atoms with Gasteiger partial charge in [-0.15, -0.1) is 0 Å². The Balaban J connectivity index is 2.02. The molecule has 1 saturated carbocycles. The zero-order valence-electron chi connectivity index (χ0n) is 12.5. The van der Waals surface area contributed by atoms with E-state index in [0.29, 0.717) is 17.8 Å². The standard InChI is InChI=1S/C16H25N3OS/c1-21-15-10-6-5-9-14(15)18-11-13(16(17)19-20)12-7-3-2-4-8-12/h2-4,7-8,13-15,18,20H,5-6,9-11H2,1H3,(H2,17,19). The smallest absolute Gasteiger partial charge is 0.147 e. The summed E-state index contributed by atoms with van der Waals surface area (Å²) in [6, 6.07) is 10.5. The SMILES string of the molecule is CSC1CCCCC1NCC(/C(N)=N/O)c1ccccc1. The zero-order valence-corrected chi connectivity index (χ0v) is 13.4. The summed E-state index contributed by atoms with van der Waals surface area (Å²) < 4.78 is 0. The fraction of sp³-hybridized carbons (Fsp3) is 0.562. The molecule has 2 rings (SSSR count). The fourth-order valence-electron chi connectivity index (χ4n) is 3.03. The van der Waals surface area contributed by atoms with E-state index < -0.39 is 0 Å². The maximum absolute atomic E-state index is 9.03. The molecule has 0 aliphatic heterocycles. The van der Waals surface area contributed by atoms with Crippen molar-refractivity contribution in [1.82, 2.24) is 5.32 Å². The zero-order chi connectivity index (χ0) is 15.1. The lowest BCUT2D eigenvalue weighted by atomic mass is 9.93. The number of rotatable bonds is 6. The summed E-state index contributed by atoms with van der Waals surface area (Å²) in [6.07, 6.45) is 7.28. The van der Waals surface area contributed by atoms with Gasteiger partial charge < -0.3 is 16.3 Å². The molecule has 0 radical (unpaired) electrons. The molecule has 0 spiro atoms. The van der Waals surface area contributed by atoms with Gasteiger partial charge in [-0.3, -0.25) is 0 Å². The summed E-state index contributed by atoms with van der Waals surface area (Å²) in [4.78, 5) is 0. The number of benzene rings is 1. The lowest BCUT2D eigenvalue weighted by Gasteiger charge is -2.32. The molecule has 1 aromatic carbocycles. The summed E-state index contributed by atoms with van der Waals surface area (Å²) in [5.74, 6) is 0.186. The van der Waals surface area contributed by atoms with Crippen molar-refractivity contribution in [3.8, 4) is 0 Å². The van der Waals surface area contributed by atoms with E-state index in [9.17, 15) is 0 Å². The minimum Gasteiger partial charge on any atom is -0.409 e. The van der Waals surface area contributed by atoms with Crippen LogP contribution in [-0.2, 0) is 0 Å². The predicted molar refractivity (Wildman–Crippen MR) is 90.2 cm³/mol. The Kier molecular flexibility index (Phi) is 6.39. The monoisotopic (exact) mass is 307 g/mol. The molecule has 4 N–H and O–H groups in total. The molecular formula is C16H25N3OS. The van der Waals surface area contributed by atoms with Crippen LogP contribution in [0.2, 0.25) is 0 Å². The molecule has 1 aliphatic rings. The number of hydrogen-bond acceptors (Lipinski definition) is 4. The van der Waals surface area contributed by atoms with Crippen molar-refractivity contribution in [1.29, 1.82) is 0 Å². The molecule has 116 valence electrons. The van der Waals surface area contributed by atoms with Gasteiger partial charge in [0.25, 0.3) is 0 Å². The summed E-state index contributed by atoms with van der Waals surface area (Å²) in [5, 5.41) is 16.6. The minimum atomic E-state index is -0.0827. The van der Waals surface area contributed by atoms with Crippen LogP contribution in [0.1, 0.15) is 37.2 Å². The van der Waals surface area contributed by atoms with Gasteiger partial charge in [0.2, 0.25) is 0 Å². The first-order valence-corrected chi connectivity index (χ1v) is 8.83. The highest BCUT2D eigenvalue weighted by molar-refractivity contribution is 7.99. The first-order chi connectivity index (χ1) is 10.3. The van der Waals surface area contributed by atoms with Gasteiger partial charge in [0.05, 0.1) is 5.92 Å². The van der Waals surface area contributed by atoms with Crippen molar-refractivity contribution in [2.75, 3.05) is 12.8 Å². The number of nitrogens with one attached hydrogen (secondary N) is 1. The topological polar surface area (TPSA) is 70.6 Å². The molecule has 0 saturated heterocycles. The van der Waals surface area contributed by atoms with E-state index in [1.54, 1.807) is 0 Å². The number of nitrogens with two attached hydrogens (primary N) is 1. The molecule has 1 aromatic rings. The van der Waals surface area contributed by atoms with Gasteiger partial charge in [-0.25, -0.2) is 0 Å². The molecule has 0 aromatic heterocycles. The van der Waals surface area contributed by atoms with Crippen molar-refractivity contribution in [3.63, 3.8) is 0 Å². The highest BCUT2D eigenvalue weighted by Crippen LogP contribution is 2.27. The molecular weight excluding hydrogens is 282 g/mol. The van der Waals surface area contributed by atoms with Crippen LogP contribution in [0.4, 0.5) is 0 Å². The van der Waals surface area contributed by atoms with Crippen LogP contribution in [0.5, 0.6) is 0 Å². The Bertz CT molecular complexity index is 452. The minimum absolute atomic E-state index is 0.0827. The molecule has 1 fully saturated rings. The molecule has 0 amide bonds. The number of thioether (sulfide) groups is 1. The molecule has 0 bridgehead atoms. The van der Waals surface area contributed by atoms with E-state index >= 15 is 0 Å². The Morgan fingerprint density at radius 1 is 1.38 bits per heavy atom. The largest absolute Gasteiger partial charge is 0.409 e. The molecule has 5 heteroatoms. The Hall–Kier alpha value is -1.20. The first kappa shape index (κ1) is 16.2. The van der Waals surface area contributed by atoms with Gasteiger partial charge in [-0.05, 0) is 24.7 Å². The average Bonchev–Trinajstić information content (AvgIpc) is 2.56. The maximum atomic E-state index is 9.03. The van der Waals surface area contributed by atoms with Gasteiger partial charge in [0.1, 0.15) is 5.84 Å². The van der Waals surface area contributed by atoms with Crippen molar-refractivity contribution >= 4 is 17.6 Å². The van der Waals surface area contributed by atoms with Gasteiger partial charge in [0, 0.05) is 17.8 Å². The van der Waals surface area contributed by atoms with Crippen LogP contribution >= 0.6 is 11.8 Å². The molecule has 0 heterocycles. The molecule has 3 unspecified atom stereocenters. The summed E-state index contributed by atoms with van der Waals surface area (Å²) in [7, 11) is 0. The van der Waals surface area contributed by atoms with Crippen molar-refractivity contribution in [2.45, 2.75) is 42.9 Å². The van der Waals surface area contributed by atoms with E-state index in [4.69, 9.17) is 10.9 Å². The highest BCUT2D eigenvalue weighted by Gasteiger charge is 2.25. The Morgan fingerprint density at radius 3 is 2.76 bits per heavy atom. The second-order valence-corrected chi connectivity index (χ2v) is 6.64. The predicted octanol–water partition coefficient (Wildman–Crippen LogP) is 2.78. The van der Waals surface area contributed by atoms with Crippen LogP contribution in [-0.4, -0.2) is 35.1 Å². The summed E-state index contributed by atoms with van der Waals surface area (Å²) in [6.45, 7) is 0.710. The van der Waals surface area contributed by atoms with Crippen LogP contribution in [0.3, 0.4) is 0 Å². The van der Waals surface area contributed by atoms with E-state index in [0.717, 1.165) is 5.56 Å². The maximum Gasteiger partial charge on any atom is 0.147 e. The lowest BCUT2D eigenvalue weighted by Crippen LogP contribution is -2.44. The van der Waals surface area contributed by atoms with E-state index in [1.165, 1.54) is 25.7 Å². The van der Waals surface area contributed by atoms with E-state index in [-0.39, 0.29) is 11.8 Å². The lowest BCUT2D eigenvalue weighted by molar-refractivity contribution is 0.314. The third kappa shape index (κ3) is 4.38. The van der Waals surface area contributed by atoms with Gasteiger partial charge in [-0.1, -0.05) is 48.3 Å². The van der Waals surface area contributed by atoms with E-state index in [1.807, 2.05) is 42.1 Å². The van der Waals surface area contributed by atoms with Gasteiger partial charge in [-0.2, -0.15) is 11.8 Å². The molecule has 4 nitrogen and oxygen atoms in total. The molecule has 1 aliphatic carbocycles. The number of nitrogens with zero attached hydrogens (tertiary/aromatic N) is 1. The number of oxime groups is 1. The third-order valence-corrected chi connectivity index (χ3v) is 5.43. The highest BCUT2D eigenvalue weighted by atomic mass is 32.2. The summed E-state index contributed by atoms with van der Waals surface area (Å²) in [5.41, 5.74) is 6.97. The van der Waals surface area contributed by atoms with Gasteiger partial charge >= 0.3 is 0 Å². The average molecular weight is 307 g/mol. The second kappa shape index (κ2) is 8.29. The van der Waals surface area contributed by atoms with Crippen LogP contribution in [0, 0.1) is 0 Å². The Morgan fingerprint density at radius 2 is 2.10 bits per heavy atom. The fourth-order valence-corrected chi connectivity index (χ4v) is 3.99. The van der Waals surface area contributed by atoms with Crippen LogP contribution in [0.25, 0.3) is 0 Å². The van der Waals surface area contributed by atoms with Gasteiger partial charge in [0.15, 0.2) is 0 Å². The Labute approximate surface area is 131 Å². The third-order valence-electron chi connectivity index (χ3n) is 4.26. The van der Waals surface area contributed by atoms with Crippen molar-refractivity contribution in [3.05, 3.63) is 35.9 Å². The normalized spacial score (nSPS) is 24.7.